The van der Waals surface area contributed by atoms with Crippen LogP contribution in [0.2, 0.25) is 0 Å². The van der Waals surface area contributed by atoms with E-state index in [-0.39, 0.29) is 24.6 Å². The zero-order valence-electron chi connectivity index (χ0n) is 14.1. The minimum absolute atomic E-state index is 0.104. The van der Waals surface area contributed by atoms with Gasteiger partial charge in [-0.2, -0.15) is 0 Å². The highest BCUT2D eigenvalue weighted by atomic mass is 16.5. The number of pyridine rings is 1. The minimum Gasteiger partial charge on any atom is -0.461 e. The molecule has 2 aromatic heterocycles. The second-order valence-electron chi connectivity index (χ2n) is 5.66. The van der Waals surface area contributed by atoms with E-state index in [1.807, 2.05) is 31.3 Å². The second-order valence-corrected chi connectivity index (χ2v) is 5.66. The van der Waals surface area contributed by atoms with Crippen LogP contribution in [0, 0.1) is 6.92 Å². The quantitative estimate of drug-likeness (QED) is 0.700. The zero-order chi connectivity index (χ0) is 17.8. The topological polar surface area (TPSA) is 84.1 Å². The molecular formula is C19H19N3O3. The molecule has 0 saturated carbocycles. The van der Waals surface area contributed by atoms with E-state index in [4.69, 9.17) is 4.74 Å². The van der Waals surface area contributed by atoms with Gasteiger partial charge in [-0.25, -0.2) is 9.78 Å². The second kappa shape index (κ2) is 7.17. The number of para-hydroxylation sites is 1. The lowest BCUT2D eigenvalue weighted by molar-refractivity contribution is -0.115. The zero-order valence-corrected chi connectivity index (χ0v) is 14.1. The molecule has 3 rings (SSSR count). The fourth-order valence-electron chi connectivity index (χ4n) is 2.75. The van der Waals surface area contributed by atoms with E-state index in [9.17, 15) is 9.59 Å². The number of hydrogen-bond acceptors (Lipinski definition) is 4. The Bertz CT molecular complexity index is 931. The fourth-order valence-corrected chi connectivity index (χ4v) is 2.75. The number of amides is 1. The molecule has 128 valence electrons. The Morgan fingerprint density at radius 1 is 1.24 bits per heavy atom. The van der Waals surface area contributed by atoms with Crippen LogP contribution in [0.1, 0.15) is 28.5 Å². The van der Waals surface area contributed by atoms with Gasteiger partial charge in [-0.3, -0.25) is 4.79 Å². The van der Waals surface area contributed by atoms with Gasteiger partial charge in [0.05, 0.1) is 18.7 Å². The van der Waals surface area contributed by atoms with Gasteiger partial charge in [0.15, 0.2) is 5.69 Å². The molecule has 1 aromatic carbocycles. The third-order valence-corrected chi connectivity index (χ3v) is 3.91. The lowest BCUT2D eigenvalue weighted by Crippen LogP contribution is -2.18. The number of anilines is 1. The van der Waals surface area contributed by atoms with E-state index in [1.54, 1.807) is 19.1 Å². The molecule has 0 aliphatic carbocycles. The Labute approximate surface area is 145 Å². The van der Waals surface area contributed by atoms with Gasteiger partial charge in [-0.1, -0.05) is 18.2 Å². The average Bonchev–Trinajstić information content (AvgIpc) is 3.00. The third-order valence-electron chi connectivity index (χ3n) is 3.91. The highest BCUT2D eigenvalue weighted by Crippen LogP contribution is 2.22. The van der Waals surface area contributed by atoms with Crippen molar-refractivity contribution in [1.82, 2.24) is 9.97 Å². The monoisotopic (exact) mass is 337 g/mol. The number of aromatic nitrogens is 2. The maximum atomic E-state index is 12.4. The number of ether oxygens (including phenoxy) is 1. The number of hydrogen-bond donors (Lipinski definition) is 2. The van der Waals surface area contributed by atoms with Gasteiger partial charge in [0.1, 0.15) is 0 Å². The minimum atomic E-state index is -0.555. The maximum absolute atomic E-state index is 12.4. The number of aromatic amines is 1. The van der Waals surface area contributed by atoms with Gasteiger partial charge in [0.25, 0.3) is 0 Å². The first-order chi connectivity index (χ1) is 12.1. The summed E-state index contributed by atoms with van der Waals surface area (Å²) in [6, 6.07) is 9.26. The predicted octanol–water partition coefficient (Wildman–Crippen LogP) is 3.23. The molecule has 25 heavy (non-hydrogen) atoms. The standard InChI is InChI=1S/C19H19N3O3/c1-3-25-19(24)18-15(8-5-9-20-18)22-16(23)10-13-11-21-17-12(2)6-4-7-14(13)17/h4-9,11,21H,3,10H2,1-2H3,(H,22,23). The van der Waals surface area contributed by atoms with E-state index < -0.39 is 5.97 Å². The molecule has 3 aromatic rings. The van der Waals surface area contributed by atoms with E-state index >= 15 is 0 Å². The number of nitrogens with one attached hydrogen (secondary N) is 2. The van der Waals surface area contributed by atoms with Crippen LogP contribution < -0.4 is 5.32 Å². The lowest BCUT2D eigenvalue weighted by Gasteiger charge is -2.09. The summed E-state index contributed by atoms with van der Waals surface area (Å²) in [6.07, 6.45) is 3.53. The number of benzene rings is 1. The first kappa shape index (κ1) is 16.7. The Hall–Kier alpha value is -3.15. The van der Waals surface area contributed by atoms with Crippen molar-refractivity contribution in [2.24, 2.45) is 0 Å². The van der Waals surface area contributed by atoms with Crippen LogP contribution in [0.5, 0.6) is 0 Å². The first-order valence-electron chi connectivity index (χ1n) is 8.07. The molecule has 0 aliphatic rings. The molecule has 0 aliphatic heterocycles. The van der Waals surface area contributed by atoms with Crippen LogP contribution in [0.4, 0.5) is 5.69 Å². The smallest absolute Gasteiger partial charge is 0.359 e. The van der Waals surface area contributed by atoms with Crippen LogP contribution in [0.15, 0.2) is 42.7 Å². The maximum Gasteiger partial charge on any atom is 0.359 e. The van der Waals surface area contributed by atoms with Crippen LogP contribution in [0.25, 0.3) is 10.9 Å². The van der Waals surface area contributed by atoms with Gasteiger partial charge in [-0.05, 0) is 37.1 Å². The Morgan fingerprint density at radius 2 is 2.08 bits per heavy atom. The van der Waals surface area contributed by atoms with Crippen LogP contribution >= 0.6 is 0 Å². The normalized spacial score (nSPS) is 10.6. The summed E-state index contributed by atoms with van der Waals surface area (Å²) in [4.78, 5) is 31.6. The molecular weight excluding hydrogens is 318 g/mol. The summed E-state index contributed by atoms with van der Waals surface area (Å²) in [5, 5.41) is 3.77. The highest BCUT2D eigenvalue weighted by Gasteiger charge is 2.16. The first-order valence-corrected chi connectivity index (χ1v) is 8.07. The molecule has 2 heterocycles. The SMILES string of the molecule is CCOC(=O)c1ncccc1NC(=O)Cc1c[nH]c2c(C)cccc12. The van der Waals surface area contributed by atoms with Crippen LogP contribution in [-0.4, -0.2) is 28.5 Å². The Kier molecular flexibility index (Phi) is 4.79. The van der Waals surface area contributed by atoms with Crippen LogP contribution in [0.3, 0.4) is 0 Å². The predicted molar refractivity (Wildman–Crippen MR) is 95.6 cm³/mol. The Balaban J connectivity index is 1.79. The van der Waals surface area contributed by atoms with Crippen molar-refractivity contribution in [2.75, 3.05) is 11.9 Å². The van der Waals surface area contributed by atoms with Crippen molar-refractivity contribution in [3.05, 3.63) is 59.5 Å². The molecule has 6 nitrogen and oxygen atoms in total. The lowest BCUT2D eigenvalue weighted by atomic mass is 10.1. The molecule has 6 heteroatoms. The molecule has 0 bridgehead atoms. The fraction of sp³-hybridized carbons (Fsp3) is 0.211. The van der Waals surface area contributed by atoms with Gasteiger partial charge in [-0.15, -0.1) is 0 Å². The van der Waals surface area contributed by atoms with Gasteiger partial charge in [0.2, 0.25) is 5.91 Å². The number of carbonyl (C=O) groups excluding carboxylic acids is 2. The van der Waals surface area contributed by atoms with Crippen molar-refractivity contribution >= 4 is 28.5 Å². The van der Waals surface area contributed by atoms with Crippen molar-refractivity contribution in [3.63, 3.8) is 0 Å². The van der Waals surface area contributed by atoms with Crippen molar-refractivity contribution < 1.29 is 14.3 Å². The largest absolute Gasteiger partial charge is 0.461 e. The van der Waals surface area contributed by atoms with E-state index in [0.29, 0.717) is 5.69 Å². The number of carbonyl (C=O) groups is 2. The number of aryl methyl sites for hydroxylation is 1. The number of rotatable bonds is 5. The Morgan fingerprint density at radius 3 is 2.88 bits per heavy atom. The van der Waals surface area contributed by atoms with Gasteiger partial charge in [0, 0.05) is 23.3 Å². The summed E-state index contributed by atoms with van der Waals surface area (Å²) >= 11 is 0. The summed E-state index contributed by atoms with van der Waals surface area (Å²) < 4.78 is 4.97. The van der Waals surface area contributed by atoms with Crippen molar-refractivity contribution in [1.29, 1.82) is 0 Å². The van der Waals surface area contributed by atoms with Crippen LogP contribution in [-0.2, 0) is 16.0 Å². The van der Waals surface area contributed by atoms with E-state index in [0.717, 1.165) is 22.0 Å². The summed E-state index contributed by atoms with van der Waals surface area (Å²) in [5.41, 5.74) is 3.51. The molecule has 0 spiro atoms. The van der Waals surface area contributed by atoms with Gasteiger partial charge >= 0.3 is 5.97 Å². The van der Waals surface area contributed by atoms with Crippen molar-refractivity contribution in [3.8, 4) is 0 Å². The molecule has 2 N–H and O–H groups in total. The number of nitrogens with zero attached hydrogens (tertiary/aromatic N) is 1. The highest BCUT2D eigenvalue weighted by molar-refractivity contribution is 6.01. The summed E-state index contributed by atoms with van der Waals surface area (Å²) in [6.45, 7) is 3.99. The summed E-state index contributed by atoms with van der Waals surface area (Å²) in [5.74, 6) is -0.776. The molecule has 0 radical (unpaired) electrons. The number of fused-ring (bicyclic) bond motifs is 1. The van der Waals surface area contributed by atoms with Gasteiger partial charge < -0.3 is 15.0 Å². The molecule has 0 atom stereocenters. The third kappa shape index (κ3) is 3.52. The van der Waals surface area contributed by atoms with Crippen molar-refractivity contribution in [2.45, 2.75) is 20.3 Å². The molecule has 0 saturated heterocycles. The molecule has 0 fully saturated rings. The molecule has 0 unspecified atom stereocenters. The van der Waals surface area contributed by atoms with E-state index in [2.05, 4.69) is 15.3 Å². The number of esters is 1. The number of H-pyrrole nitrogens is 1. The molecule has 1 amide bonds. The average molecular weight is 337 g/mol. The summed E-state index contributed by atoms with van der Waals surface area (Å²) in [7, 11) is 0. The van der Waals surface area contributed by atoms with E-state index in [1.165, 1.54) is 6.20 Å².